The van der Waals surface area contributed by atoms with Crippen LogP contribution in [0.3, 0.4) is 0 Å². The van der Waals surface area contributed by atoms with Crippen LogP contribution in [0.15, 0.2) is 18.5 Å². The minimum Gasteiger partial charge on any atom is -0.381 e. The van der Waals surface area contributed by atoms with Crippen LogP contribution in [-0.2, 0) is 16.0 Å². The predicted octanol–water partition coefficient (Wildman–Crippen LogP) is 1.30. The first-order chi connectivity index (χ1) is 12.8. The van der Waals surface area contributed by atoms with E-state index in [1.807, 2.05) is 10.7 Å². The molecule has 26 heavy (non-hydrogen) atoms. The molecule has 0 spiro atoms. The molecule has 6 rings (SSSR count). The van der Waals surface area contributed by atoms with Crippen LogP contribution in [0.1, 0.15) is 11.6 Å². The number of aromatic nitrogens is 6. The molecular formula is C17H19N7O2. The number of hydrogen-bond acceptors (Lipinski definition) is 7. The molecule has 2 aliphatic heterocycles. The van der Waals surface area contributed by atoms with Crippen LogP contribution >= 0.6 is 0 Å². The molecule has 2 N–H and O–H groups in total. The molecule has 3 aromatic heterocycles. The predicted molar refractivity (Wildman–Crippen MR) is 92.0 cm³/mol. The van der Waals surface area contributed by atoms with E-state index in [-0.39, 0.29) is 0 Å². The summed E-state index contributed by atoms with van der Waals surface area (Å²) in [6.07, 6.45) is 3.50. The molecule has 3 aliphatic rings. The van der Waals surface area contributed by atoms with E-state index in [2.05, 4.69) is 25.6 Å². The van der Waals surface area contributed by atoms with E-state index in [1.165, 1.54) is 0 Å². The SMILES string of the molecule is c1nc2cnn(CC3[C@H]4COC[C@@H]34)c2nc1Nc1cc(C2COC2)[nH]n1. The standard InChI is InChI=1S/C17H19N7O2/c1-13(9-5-25-6-9)22-23-15(1)20-16-3-18-14-2-19-24(17(14)21-16)4-10-11-7-26-8-12(10)11/h1-3,9-12H,4-8H2,(H2,20,21,22,23)/t10?,11-,12+. The average Bonchev–Trinajstić information content (AvgIpc) is 3.05. The van der Waals surface area contributed by atoms with Gasteiger partial charge in [-0.05, 0) is 17.8 Å². The fraction of sp³-hybridized carbons (Fsp3) is 0.529. The Bertz CT molecular complexity index is 953. The Morgan fingerprint density at radius 3 is 2.77 bits per heavy atom. The molecule has 1 aliphatic carbocycles. The summed E-state index contributed by atoms with van der Waals surface area (Å²) in [5, 5.41) is 15.1. The third kappa shape index (κ3) is 2.31. The van der Waals surface area contributed by atoms with E-state index < -0.39 is 0 Å². The zero-order valence-corrected chi connectivity index (χ0v) is 14.1. The molecule has 3 atom stereocenters. The van der Waals surface area contributed by atoms with Crippen LogP contribution in [-0.4, -0.2) is 56.4 Å². The second kappa shape index (κ2) is 5.49. The zero-order valence-electron chi connectivity index (χ0n) is 14.1. The van der Waals surface area contributed by atoms with Gasteiger partial charge in [0.05, 0.1) is 38.8 Å². The van der Waals surface area contributed by atoms with Crippen molar-refractivity contribution in [3.05, 3.63) is 24.2 Å². The third-order valence-electron chi connectivity index (χ3n) is 5.79. The highest BCUT2D eigenvalue weighted by Crippen LogP contribution is 2.51. The number of anilines is 2. The smallest absolute Gasteiger partial charge is 0.178 e. The van der Waals surface area contributed by atoms with Gasteiger partial charge in [0.2, 0.25) is 0 Å². The lowest BCUT2D eigenvalue weighted by molar-refractivity contribution is 0.00670. The summed E-state index contributed by atoms with van der Waals surface area (Å²) in [6.45, 7) is 4.16. The first-order valence-electron chi connectivity index (χ1n) is 9.01. The summed E-state index contributed by atoms with van der Waals surface area (Å²) in [7, 11) is 0. The topological polar surface area (TPSA) is 103 Å². The molecule has 1 saturated carbocycles. The summed E-state index contributed by atoms with van der Waals surface area (Å²) < 4.78 is 12.7. The van der Waals surface area contributed by atoms with Crippen molar-refractivity contribution in [3.63, 3.8) is 0 Å². The molecule has 3 fully saturated rings. The van der Waals surface area contributed by atoms with E-state index in [4.69, 9.17) is 14.5 Å². The normalized spacial score (nSPS) is 27.5. The van der Waals surface area contributed by atoms with Crippen molar-refractivity contribution in [2.75, 3.05) is 31.7 Å². The summed E-state index contributed by atoms with van der Waals surface area (Å²) in [5.41, 5.74) is 2.70. The highest BCUT2D eigenvalue weighted by atomic mass is 16.5. The van der Waals surface area contributed by atoms with Crippen LogP contribution in [0.5, 0.6) is 0 Å². The fourth-order valence-electron chi connectivity index (χ4n) is 4.03. The molecule has 0 bridgehead atoms. The third-order valence-corrected chi connectivity index (χ3v) is 5.79. The van der Waals surface area contributed by atoms with Crippen molar-refractivity contribution in [2.24, 2.45) is 17.8 Å². The van der Waals surface area contributed by atoms with Gasteiger partial charge in [0.25, 0.3) is 0 Å². The van der Waals surface area contributed by atoms with Gasteiger partial charge < -0.3 is 14.8 Å². The van der Waals surface area contributed by atoms with Crippen LogP contribution in [0.2, 0.25) is 0 Å². The van der Waals surface area contributed by atoms with Gasteiger partial charge in [0.1, 0.15) is 5.52 Å². The quantitative estimate of drug-likeness (QED) is 0.712. The molecular weight excluding hydrogens is 334 g/mol. The highest BCUT2D eigenvalue weighted by Gasteiger charge is 2.53. The lowest BCUT2D eigenvalue weighted by Gasteiger charge is -2.24. The number of H-pyrrole nitrogens is 1. The first kappa shape index (κ1) is 14.6. The van der Waals surface area contributed by atoms with Gasteiger partial charge in [-0.1, -0.05) is 0 Å². The zero-order chi connectivity index (χ0) is 17.1. The lowest BCUT2D eigenvalue weighted by atomic mass is 10.0. The molecule has 0 amide bonds. The van der Waals surface area contributed by atoms with E-state index in [1.54, 1.807) is 12.4 Å². The number of rotatable bonds is 5. The first-order valence-corrected chi connectivity index (χ1v) is 9.01. The number of aromatic amines is 1. The van der Waals surface area contributed by atoms with Gasteiger partial charge >= 0.3 is 0 Å². The van der Waals surface area contributed by atoms with E-state index >= 15 is 0 Å². The molecule has 0 radical (unpaired) electrons. The summed E-state index contributed by atoms with van der Waals surface area (Å²) >= 11 is 0. The van der Waals surface area contributed by atoms with Crippen LogP contribution < -0.4 is 5.32 Å². The minimum atomic E-state index is 0.412. The Morgan fingerprint density at radius 1 is 1.12 bits per heavy atom. The van der Waals surface area contributed by atoms with E-state index in [0.717, 1.165) is 55.6 Å². The van der Waals surface area contributed by atoms with Crippen molar-refractivity contribution < 1.29 is 9.47 Å². The van der Waals surface area contributed by atoms with E-state index in [9.17, 15) is 0 Å². The Hall–Kier alpha value is -2.52. The van der Waals surface area contributed by atoms with Crippen molar-refractivity contribution in [1.82, 2.24) is 29.9 Å². The molecule has 0 aromatic carbocycles. The largest absolute Gasteiger partial charge is 0.381 e. The monoisotopic (exact) mass is 353 g/mol. The second-order valence-corrected chi connectivity index (χ2v) is 7.39. The average molecular weight is 353 g/mol. The number of hydrogen-bond donors (Lipinski definition) is 2. The second-order valence-electron chi connectivity index (χ2n) is 7.39. The van der Waals surface area contributed by atoms with Gasteiger partial charge in [0.15, 0.2) is 17.3 Å². The van der Waals surface area contributed by atoms with Gasteiger partial charge in [-0.25, -0.2) is 14.6 Å². The van der Waals surface area contributed by atoms with Crippen molar-refractivity contribution in [1.29, 1.82) is 0 Å². The summed E-state index contributed by atoms with van der Waals surface area (Å²) in [6, 6.07) is 2.00. The highest BCUT2D eigenvalue weighted by molar-refractivity contribution is 5.71. The molecule has 2 saturated heterocycles. The van der Waals surface area contributed by atoms with Crippen LogP contribution in [0.25, 0.3) is 11.2 Å². The minimum absolute atomic E-state index is 0.412. The van der Waals surface area contributed by atoms with Crippen molar-refractivity contribution in [2.45, 2.75) is 12.5 Å². The number of nitrogens with one attached hydrogen (secondary N) is 2. The summed E-state index contributed by atoms with van der Waals surface area (Å²) in [4.78, 5) is 9.19. The van der Waals surface area contributed by atoms with Crippen LogP contribution in [0.4, 0.5) is 11.6 Å². The van der Waals surface area contributed by atoms with Gasteiger partial charge in [-0.3, -0.25) is 5.10 Å². The molecule has 9 heteroatoms. The van der Waals surface area contributed by atoms with Gasteiger partial charge in [-0.15, -0.1) is 0 Å². The maximum absolute atomic E-state index is 5.47. The van der Waals surface area contributed by atoms with E-state index in [0.29, 0.717) is 29.5 Å². The van der Waals surface area contributed by atoms with Gasteiger partial charge in [-0.2, -0.15) is 10.2 Å². The maximum atomic E-state index is 5.47. The molecule has 5 heterocycles. The van der Waals surface area contributed by atoms with Crippen molar-refractivity contribution >= 4 is 22.8 Å². The van der Waals surface area contributed by atoms with Gasteiger partial charge in [0, 0.05) is 24.2 Å². The Kier molecular flexibility index (Phi) is 3.09. The molecule has 9 nitrogen and oxygen atoms in total. The Labute approximate surface area is 149 Å². The number of nitrogens with zero attached hydrogens (tertiary/aromatic N) is 5. The maximum Gasteiger partial charge on any atom is 0.178 e. The molecule has 3 aromatic rings. The van der Waals surface area contributed by atoms with Crippen LogP contribution in [0, 0.1) is 17.8 Å². The molecule has 134 valence electrons. The molecule has 1 unspecified atom stereocenters. The Balaban J connectivity index is 1.22. The fourth-order valence-corrected chi connectivity index (χ4v) is 4.03. The summed E-state index contributed by atoms with van der Waals surface area (Å²) in [5.74, 6) is 3.86. The van der Waals surface area contributed by atoms with Crippen molar-refractivity contribution in [3.8, 4) is 0 Å². The number of ether oxygens (including phenoxy) is 2. The number of fused-ring (bicyclic) bond motifs is 2. The Morgan fingerprint density at radius 2 is 1.96 bits per heavy atom. The lowest BCUT2D eigenvalue weighted by Crippen LogP contribution is -2.25.